The van der Waals surface area contributed by atoms with Crippen LogP contribution in [0.2, 0.25) is 15.2 Å². The molecule has 7 nitrogen and oxygen atoms in total. The number of halogens is 3. The van der Waals surface area contributed by atoms with Crippen LogP contribution in [0, 0.1) is 11.3 Å². The second kappa shape index (κ2) is 8.03. The molecule has 1 aromatic heterocycles. The van der Waals surface area contributed by atoms with E-state index in [-0.39, 0.29) is 32.1 Å². The van der Waals surface area contributed by atoms with Gasteiger partial charge in [0.05, 0.1) is 22.0 Å². The predicted molar refractivity (Wildman–Crippen MR) is 93.7 cm³/mol. The Morgan fingerprint density at radius 3 is 2.60 bits per heavy atom. The molecule has 0 spiro atoms. The second-order valence-corrected chi connectivity index (χ2v) is 5.69. The quantitative estimate of drug-likeness (QED) is 0.601. The summed E-state index contributed by atoms with van der Waals surface area (Å²) in [5.74, 6) is -1.65. The highest BCUT2D eigenvalue weighted by Gasteiger charge is 2.21. The van der Waals surface area contributed by atoms with Gasteiger partial charge in [0.15, 0.2) is 17.5 Å². The van der Waals surface area contributed by atoms with Crippen LogP contribution in [-0.2, 0) is 9.53 Å². The van der Waals surface area contributed by atoms with Crippen LogP contribution in [0.5, 0.6) is 0 Å². The zero-order chi connectivity index (χ0) is 18.6. The number of ether oxygens (including phenoxy) is 1. The zero-order valence-corrected chi connectivity index (χ0v) is 14.6. The number of hydrogen-bond acceptors (Lipinski definition) is 6. The Morgan fingerprint density at radius 2 is 1.92 bits per heavy atom. The number of pyridine rings is 1. The lowest BCUT2D eigenvalue weighted by Gasteiger charge is -2.10. The van der Waals surface area contributed by atoms with Crippen molar-refractivity contribution in [3.63, 3.8) is 0 Å². The molecule has 0 aliphatic carbocycles. The third-order valence-corrected chi connectivity index (χ3v) is 4.06. The number of rotatable bonds is 4. The number of amides is 1. The smallest absolute Gasteiger partial charge is 0.359 e. The molecular formula is C15H9Cl3N4O3. The Kier molecular flexibility index (Phi) is 6.04. The van der Waals surface area contributed by atoms with Crippen molar-refractivity contribution in [3.05, 3.63) is 50.7 Å². The molecule has 128 valence electrons. The van der Waals surface area contributed by atoms with E-state index in [2.05, 4.69) is 10.3 Å². The Bertz CT molecular complexity index is 896. The molecule has 0 radical (unpaired) electrons. The van der Waals surface area contributed by atoms with Crippen molar-refractivity contribution < 1.29 is 14.3 Å². The van der Waals surface area contributed by atoms with Crippen molar-refractivity contribution in [2.75, 3.05) is 17.7 Å². The van der Waals surface area contributed by atoms with Crippen molar-refractivity contribution in [1.29, 1.82) is 5.26 Å². The third kappa shape index (κ3) is 4.31. The lowest BCUT2D eigenvalue weighted by molar-refractivity contribution is -0.119. The van der Waals surface area contributed by atoms with Crippen molar-refractivity contribution in [1.82, 2.24) is 4.98 Å². The Labute approximate surface area is 157 Å². The van der Waals surface area contributed by atoms with Crippen LogP contribution in [-0.4, -0.2) is 23.5 Å². The molecule has 0 unspecified atom stereocenters. The largest absolute Gasteiger partial charge is 0.451 e. The fourth-order valence-electron chi connectivity index (χ4n) is 1.74. The highest BCUT2D eigenvalue weighted by atomic mass is 35.5. The Hall–Kier alpha value is -2.53. The molecule has 0 saturated carbocycles. The molecule has 2 aromatic rings. The normalized spacial score (nSPS) is 10.0. The van der Waals surface area contributed by atoms with Crippen LogP contribution < -0.4 is 11.1 Å². The Morgan fingerprint density at radius 1 is 1.24 bits per heavy atom. The summed E-state index contributed by atoms with van der Waals surface area (Å²) in [4.78, 5) is 27.6. The highest BCUT2D eigenvalue weighted by Crippen LogP contribution is 2.34. The number of nitrogen functional groups attached to an aromatic ring is 1. The van der Waals surface area contributed by atoms with Crippen molar-refractivity contribution in [2.24, 2.45) is 0 Å². The van der Waals surface area contributed by atoms with Gasteiger partial charge in [0.1, 0.15) is 11.1 Å². The van der Waals surface area contributed by atoms with E-state index in [1.54, 1.807) is 12.1 Å². The number of hydrogen-bond donors (Lipinski definition) is 2. The van der Waals surface area contributed by atoms with Crippen molar-refractivity contribution in [2.45, 2.75) is 0 Å². The fourth-order valence-corrected chi connectivity index (χ4v) is 2.33. The number of aromatic nitrogens is 1. The Balaban J connectivity index is 2.06. The summed E-state index contributed by atoms with van der Waals surface area (Å²) in [6.45, 7) is -0.628. The summed E-state index contributed by atoms with van der Waals surface area (Å²) >= 11 is 17.4. The van der Waals surface area contributed by atoms with Crippen LogP contribution in [0.3, 0.4) is 0 Å². The molecule has 3 N–H and O–H groups in total. The number of nitrogens with two attached hydrogens (primary N) is 1. The SMILES string of the molecule is N#Cc1ccccc1NC(=O)COC(=O)c1nc(Cl)c(Cl)c(N)c1Cl. The number of anilines is 2. The molecule has 25 heavy (non-hydrogen) atoms. The van der Waals surface area contributed by atoms with Gasteiger partial charge in [0.2, 0.25) is 0 Å². The van der Waals surface area contributed by atoms with E-state index < -0.39 is 18.5 Å². The number of carbonyl (C=O) groups is 2. The number of para-hydroxylation sites is 1. The van der Waals surface area contributed by atoms with E-state index in [0.29, 0.717) is 5.69 Å². The van der Waals surface area contributed by atoms with E-state index in [1.165, 1.54) is 12.1 Å². The molecule has 2 rings (SSSR count). The minimum atomic E-state index is -1.00. The number of nitriles is 1. The fraction of sp³-hybridized carbons (Fsp3) is 0.0667. The molecule has 1 heterocycles. The summed E-state index contributed by atoms with van der Waals surface area (Å²) in [5, 5.41) is 10.9. The van der Waals surface area contributed by atoms with Gasteiger partial charge in [0.25, 0.3) is 5.91 Å². The maximum Gasteiger partial charge on any atom is 0.359 e. The van der Waals surface area contributed by atoms with Gasteiger partial charge in [-0.2, -0.15) is 5.26 Å². The van der Waals surface area contributed by atoms with Crippen molar-refractivity contribution in [3.8, 4) is 6.07 Å². The van der Waals surface area contributed by atoms with Gasteiger partial charge in [-0.25, -0.2) is 9.78 Å². The van der Waals surface area contributed by atoms with Gasteiger partial charge in [-0.15, -0.1) is 0 Å². The lowest BCUT2D eigenvalue weighted by atomic mass is 10.2. The van der Waals surface area contributed by atoms with Gasteiger partial charge in [0, 0.05) is 0 Å². The number of esters is 1. The number of benzene rings is 1. The summed E-state index contributed by atoms with van der Waals surface area (Å²) in [5.41, 5.74) is 5.68. The molecule has 1 amide bonds. The predicted octanol–water partition coefficient (Wildman–Crippen LogP) is 3.29. The van der Waals surface area contributed by atoms with Gasteiger partial charge < -0.3 is 15.8 Å². The van der Waals surface area contributed by atoms with Gasteiger partial charge >= 0.3 is 5.97 Å². The summed E-state index contributed by atoms with van der Waals surface area (Å²) < 4.78 is 4.83. The summed E-state index contributed by atoms with van der Waals surface area (Å²) in [6, 6.07) is 8.29. The van der Waals surface area contributed by atoms with Crippen LogP contribution in [0.1, 0.15) is 16.1 Å². The molecule has 10 heteroatoms. The molecule has 0 atom stereocenters. The first-order valence-corrected chi connectivity index (χ1v) is 7.74. The first kappa shape index (κ1) is 18.8. The minimum Gasteiger partial charge on any atom is -0.451 e. The second-order valence-electron chi connectivity index (χ2n) is 4.57. The average molecular weight is 400 g/mol. The zero-order valence-electron chi connectivity index (χ0n) is 12.3. The van der Waals surface area contributed by atoms with Crippen LogP contribution in [0.4, 0.5) is 11.4 Å². The lowest BCUT2D eigenvalue weighted by Crippen LogP contribution is -2.22. The van der Waals surface area contributed by atoms with Crippen LogP contribution in [0.25, 0.3) is 0 Å². The molecule has 0 saturated heterocycles. The molecule has 0 aliphatic rings. The highest BCUT2D eigenvalue weighted by molar-refractivity contribution is 6.46. The van der Waals surface area contributed by atoms with Gasteiger partial charge in [-0.05, 0) is 12.1 Å². The van der Waals surface area contributed by atoms with E-state index in [4.69, 9.17) is 50.5 Å². The van der Waals surface area contributed by atoms with E-state index in [1.807, 2.05) is 6.07 Å². The number of carbonyl (C=O) groups excluding carboxylic acids is 2. The van der Waals surface area contributed by atoms with E-state index in [0.717, 1.165) is 0 Å². The standard InChI is InChI=1S/C15H9Cl3N4O3/c16-10-12(20)11(17)14(18)22-13(10)15(24)25-6-9(23)21-8-4-2-1-3-7(8)5-19/h1-4H,6H2,(H2,20,22)(H,21,23). The molecule has 0 bridgehead atoms. The number of nitrogens with one attached hydrogen (secondary N) is 1. The van der Waals surface area contributed by atoms with E-state index in [9.17, 15) is 9.59 Å². The topological polar surface area (TPSA) is 118 Å². The molecular weight excluding hydrogens is 391 g/mol. The van der Waals surface area contributed by atoms with Crippen LogP contribution >= 0.6 is 34.8 Å². The maximum absolute atomic E-state index is 12.0. The number of nitrogens with zero attached hydrogens (tertiary/aromatic N) is 2. The van der Waals surface area contributed by atoms with Gasteiger partial charge in [-0.1, -0.05) is 46.9 Å². The molecule has 0 aliphatic heterocycles. The molecule has 0 fully saturated rings. The average Bonchev–Trinajstić information content (AvgIpc) is 2.61. The first-order valence-electron chi connectivity index (χ1n) is 6.61. The summed E-state index contributed by atoms with van der Waals surface area (Å²) in [7, 11) is 0. The minimum absolute atomic E-state index is 0.0888. The maximum atomic E-state index is 12.0. The van der Waals surface area contributed by atoms with Crippen molar-refractivity contribution >= 4 is 58.1 Å². The van der Waals surface area contributed by atoms with Crippen LogP contribution in [0.15, 0.2) is 24.3 Å². The first-order chi connectivity index (χ1) is 11.8. The monoisotopic (exact) mass is 398 g/mol. The third-order valence-electron chi connectivity index (χ3n) is 2.92. The van der Waals surface area contributed by atoms with E-state index >= 15 is 0 Å². The van der Waals surface area contributed by atoms with Gasteiger partial charge in [-0.3, -0.25) is 4.79 Å². The summed E-state index contributed by atoms with van der Waals surface area (Å²) in [6.07, 6.45) is 0. The molecule has 1 aromatic carbocycles.